The van der Waals surface area contributed by atoms with Gasteiger partial charge in [-0.2, -0.15) is 10.2 Å². The number of H-pyrrole nitrogens is 1. The number of nitrogens with one attached hydrogen (secondary N) is 2. The molecule has 2 aromatic carbocycles. The molecule has 1 amide bonds. The predicted molar refractivity (Wildman–Crippen MR) is 95.3 cm³/mol. The first-order valence-corrected chi connectivity index (χ1v) is 7.66. The molecule has 5 heteroatoms. The van der Waals surface area contributed by atoms with Crippen molar-refractivity contribution in [3.05, 3.63) is 77.6 Å². The van der Waals surface area contributed by atoms with Crippen LogP contribution in [0.15, 0.2) is 71.0 Å². The molecular formula is C19H18N4O. The van der Waals surface area contributed by atoms with E-state index in [1.165, 1.54) is 0 Å². The molecule has 3 aromatic rings. The number of aromatic nitrogens is 1. The minimum atomic E-state index is -0.169. The lowest BCUT2D eigenvalue weighted by Gasteiger charge is -2.08. The minimum Gasteiger partial charge on any atom is -0.357 e. The van der Waals surface area contributed by atoms with Crippen LogP contribution in [0.2, 0.25) is 0 Å². The summed E-state index contributed by atoms with van der Waals surface area (Å²) in [6.45, 7) is 3.93. The molecule has 0 fully saturated rings. The molecule has 0 bridgehead atoms. The second-order valence-electron chi connectivity index (χ2n) is 5.52. The molecule has 0 unspecified atom stereocenters. The van der Waals surface area contributed by atoms with Gasteiger partial charge in [0, 0.05) is 11.9 Å². The summed E-state index contributed by atoms with van der Waals surface area (Å²) in [4.78, 5) is 15.0. The van der Waals surface area contributed by atoms with Gasteiger partial charge in [-0.25, -0.2) is 0 Å². The van der Waals surface area contributed by atoms with Crippen molar-refractivity contribution < 1.29 is 4.79 Å². The number of azo groups is 1. The van der Waals surface area contributed by atoms with Gasteiger partial charge in [-0.15, -0.1) is 0 Å². The van der Waals surface area contributed by atoms with Gasteiger partial charge in [0.05, 0.1) is 11.4 Å². The van der Waals surface area contributed by atoms with Crippen LogP contribution in [0.1, 0.15) is 21.6 Å². The molecule has 2 N–H and O–H groups in total. The Kier molecular flexibility index (Phi) is 4.52. The van der Waals surface area contributed by atoms with E-state index in [0.717, 1.165) is 28.2 Å². The highest BCUT2D eigenvalue weighted by molar-refractivity contribution is 6.03. The largest absolute Gasteiger partial charge is 0.357 e. The molecule has 0 saturated heterocycles. The molecule has 120 valence electrons. The quantitative estimate of drug-likeness (QED) is 0.630. The molecule has 5 nitrogen and oxygen atoms in total. The summed E-state index contributed by atoms with van der Waals surface area (Å²) in [5, 5.41) is 11.4. The number of hydrogen-bond donors (Lipinski definition) is 2. The van der Waals surface area contributed by atoms with E-state index < -0.39 is 0 Å². The summed E-state index contributed by atoms with van der Waals surface area (Å²) in [6, 6.07) is 16.9. The first kappa shape index (κ1) is 15.7. The van der Waals surface area contributed by atoms with Crippen LogP contribution in [0, 0.1) is 13.8 Å². The van der Waals surface area contributed by atoms with Gasteiger partial charge in [0.1, 0.15) is 5.69 Å². The Morgan fingerprint density at radius 2 is 1.79 bits per heavy atom. The average Bonchev–Trinajstić information content (AvgIpc) is 3.11. The van der Waals surface area contributed by atoms with Crippen LogP contribution in [-0.2, 0) is 0 Å². The van der Waals surface area contributed by atoms with Crippen LogP contribution in [0.25, 0.3) is 0 Å². The van der Waals surface area contributed by atoms with Gasteiger partial charge in [0.15, 0.2) is 0 Å². The van der Waals surface area contributed by atoms with Gasteiger partial charge in [0.2, 0.25) is 0 Å². The number of anilines is 1. The van der Waals surface area contributed by atoms with E-state index in [0.29, 0.717) is 5.69 Å². The molecular weight excluding hydrogens is 300 g/mol. The summed E-state index contributed by atoms with van der Waals surface area (Å²) >= 11 is 0. The Labute approximate surface area is 140 Å². The van der Waals surface area contributed by atoms with E-state index >= 15 is 0 Å². The molecule has 1 heterocycles. The summed E-state index contributed by atoms with van der Waals surface area (Å²) in [5.41, 5.74) is 4.87. The van der Waals surface area contributed by atoms with E-state index in [1.54, 1.807) is 18.3 Å². The molecule has 0 aliphatic rings. The molecule has 0 spiro atoms. The number of aromatic amines is 1. The van der Waals surface area contributed by atoms with Crippen molar-refractivity contribution in [2.24, 2.45) is 10.2 Å². The highest BCUT2D eigenvalue weighted by Gasteiger charge is 2.08. The molecule has 0 radical (unpaired) electrons. The molecule has 0 aliphatic heterocycles. The number of carbonyl (C=O) groups is 1. The summed E-state index contributed by atoms with van der Waals surface area (Å²) in [6.07, 6.45) is 1.72. The van der Waals surface area contributed by atoms with Crippen molar-refractivity contribution in [2.75, 3.05) is 5.32 Å². The lowest BCUT2D eigenvalue weighted by molar-refractivity contribution is 0.102. The average molecular weight is 318 g/mol. The maximum atomic E-state index is 12.1. The monoisotopic (exact) mass is 318 g/mol. The van der Waals surface area contributed by atoms with Crippen LogP contribution >= 0.6 is 0 Å². The zero-order valence-corrected chi connectivity index (χ0v) is 13.6. The Bertz CT molecular complexity index is 882. The highest BCUT2D eigenvalue weighted by Crippen LogP contribution is 2.25. The second-order valence-corrected chi connectivity index (χ2v) is 5.52. The van der Waals surface area contributed by atoms with E-state index in [1.807, 2.05) is 56.3 Å². The number of nitrogens with zero attached hydrogens (tertiary/aromatic N) is 2. The Hall–Kier alpha value is -3.21. The van der Waals surface area contributed by atoms with Gasteiger partial charge in [-0.05, 0) is 61.4 Å². The number of hydrogen-bond acceptors (Lipinski definition) is 3. The van der Waals surface area contributed by atoms with Crippen molar-refractivity contribution in [2.45, 2.75) is 13.8 Å². The zero-order chi connectivity index (χ0) is 16.9. The molecule has 24 heavy (non-hydrogen) atoms. The Morgan fingerprint density at radius 1 is 0.958 bits per heavy atom. The Balaban J connectivity index is 1.75. The van der Waals surface area contributed by atoms with Crippen LogP contribution < -0.4 is 5.32 Å². The predicted octanol–water partition coefficient (Wildman–Crippen LogP) is 5.30. The number of benzene rings is 2. The fourth-order valence-corrected chi connectivity index (χ4v) is 2.30. The first-order chi connectivity index (χ1) is 11.6. The summed E-state index contributed by atoms with van der Waals surface area (Å²) < 4.78 is 0. The maximum Gasteiger partial charge on any atom is 0.272 e. The van der Waals surface area contributed by atoms with Crippen LogP contribution in [0.4, 0.5) is 17.1 Å². The zero-order valence-electron chi connectivity index (χ0n) is 13.6. The van der Waals surface area contributed by atoms with Gasteiger partial charge >= 0.3 is 0 Å². The number of rotatable bonds is 4. The van der Waals surface area contributed by atoms with Crippen molar-refractivity contribution in [1.29, 1.82) is 0 Å². The van der Waals surface area contributed by atoms with Crippen molar-refractivity contribution in [3.63, 3.8) is 0 Å². The maximum absolute atomic E-state index is 12.1. The fourth-order valence-electron chi connectivity index (χ4n) is 2.30. The van der Waals surface area contributed by atoms with E-state index in [4.69, 9.17) is 0 Å². The minimum absolute atomic E-state index is 0.169. The first-order valence-electron chi connectivity index (χ1n) is 7.66. The fraction of sp³-hybridized carbons (Fsp3) is 0.105. The topological polar surface area (TPSA) is 69.6 Å². The van der Waals surface area contributed by atoms with Gasteiger partial charge in [-0.3, -0.25) is 4.79 Å². The normalized spacial score (nSPS) is 10.9. The third-order valence-corrected chi connectivity index (χ3v) is 3.69. The van der Waals surface area contributed by atoms with Crippen molar-refractivity contribution >= 4 is 23.0 Å². The summed E-state index contributed by atoms with van der Waals surface area (Å²) in [7, 11) is 0. The summed E-state index contributed by atoms with van der Waals surface area (Å²) in [5.74, 6) is -0.169. The third-order valence-electron chi connectivity index (χ3n) is 3.69. The van der Waals surface area contributed by atoms with Crippen LogP contribution in [0.3, 0.4) is 0 Å². The standard InChI is InChI=1S/C19H18N4O/c1-13-6-3-4-7-17(13)23-22-15-9-10-16(14(2)12-15)21-19(24)18-8-5-11-20-18/h3-12,20H,1-2H3,(H,21,24)/b23-22+. The smallest absolute Gasteiger partial charge is 0.272 e. The molecule has 3 rings (SSSR count). The molecule has 0 atom stereocenters. The van der Waals surface area contributed by atoms with Crippen LogP contribution in [-0.4, -0.2) is 10.9 Å². The van der Waals surface area contributed by atoms with Gasteiger partial charge in [0.25, 0.3) is 5.91 Å². The third kappa shape index (κ3) is 3.57. The van der Waals surface area contributed by atoms with Gasteiger partial charge in [-0.1, -0.05) is 18.2 Å². The van der Waals surface area contributed by atoms with Crippen molar-refractivity contribution in [3.8, 4) is 0 Å². The molecule has 1 aromatic heterocycles. The number of aryl methyl sites for hydroxylation is 2. The van der Waals surface area contributed by atoms with E-state index in [9.17, 15) is 4.79 Å². The lowest BCUT2D eigenvalue weighted by atomic mass is 10.1. The molecule has 0 aliphatic carbocycles. The SMILES string of the molecule is Cc1ccccc1/N=N/c1ccc(NC(=O)c2ccc[nH]2)c(C)c1. The highest BCUT2D eigenvalue weighted by atomic mass is 16.1. The lowest BCUT2D eigenvalue weighted by Crippen LogP contribution is -2.12. The number of carbonyl (C=O) groups excluding carboxylic acids is 1. The van der Waals surface area contributed by atoms with Crippen LogP contribution in [0.5, 0.6) is 0 Å². The van der Waals surface area contributed by atoms with Gasteiger partial charge < -0.3 is 10.3 Å². The van der Waals surface area contributed by atoms with E-state index in [-0.39, 0.29) is 5.91 Å². The van der Waals surface area contributed by atoms with Crippen molar-refractivity contribution in [1.82, 2.24) is 4.98 Å². The molecule has 0 saturated carbocycles. The number of amides is 1. The van der Waals surface area contributed by atoms with E-state index in [2.05, 4.69) is 20.5 Å². The second kappa shape index (κ2) is 6.91. The Morgan fingerprint density at radius 3 is 2.50 bits per heavy atom.